The minimum atomic E-state index is -0.576. The molecule has 2 heterocycles. The Hall–Kier alpha value is -4.05. The average Bonchev–Trinajstić information content (AvgIpc) is 3.30. The van der Waals surface area contributed by atoms with Crippen LogP contribution < -0.4 is 20.2 Å². The summed E-state index contributed by atoms with van der Waals surface area (Å²) in [5, 5.41) is 11.4. The summed E-state index contributed by atoms with van der Waals surface area (Å²) >= 11 is 1.30. The van der Waals surface area contributed by atoms with Crippen LogP contribution in [0.3, 0.4) is 0 Å². The number of hydrogen-bond donors (Lipinski definition) is 2. The lowest BCUT2D eigenvalue weighted by atomic mass is 10.0. The Balaban J connectivity index is 1.41. The molecule has 0 saturated carbocycles. The van der Waals surface area contributed by atoms with Crippen molar-refractivity contribution in [3.05, 3.63) is 96.1 Å². The summed E-state index contributed by atoms with van der Waals surface area (Å²) in [5.74, 6) is 1.40. The molecule has 0 bridgehead atoms. The highest BCUT2D eigenvalue weighted by molar-refractivity contribution is 8.00. The zero-order chi connectivity index (χ0) is 24.2. The van der Waals surface area contributed by atoms with E-state index in [1.54, 1.807) is 11.8 Å². The van der Waals surface area contributed by atoms with Gasteiger partial charge >= 0.3 is 0 Å². The number of nitrogens with zero attached hydrogens (tertiary/aromatic N) is 3. The van der Waals surface area contributed by atoms with E-state index in [-0.39, 0.29) is 18.3 Å². The molecule has 1 amide bonds. The summed E-state index contributed by atoms with van der Waals surface area (Å²) in [4.78, 5) is 13.3. The van der Waals surface area contributed by atoms with Gasteiger partial charge in [-0.3, -0.25) is 4.79 Å². The number of methoxy groups -OCH3 is 1. The van der Waals surface area contributed by atoms with E-state index in [0.29, 0.717) is 22.4 Å². The van der Waals surface area contributed by atoms with Gasteiger partial charge in [-0.25, -0.2) is 9.07 Å². The molecule has 2 N–H and O–H groups in total. The first-order valence-corrected chi connectivity index (χ1v) is 11.7. The number of hydrogen-bond acceptors (Lipinski definition) is 7. The molecule has 35 heavy (non-hydrogen) atoms. The molecule has 178 valence electrons. The van der Waals surface area contributed by atoms with E-state index in [0.717, 1.165) is 11.3 Å². The summed E-state index contributed by atoms with van der Waals surface area (Å²) in [7, 11) is 1.60. The van der Waals surface area contributed by atoms with Gasteiger partial charge in [0.1, 0.15) is 29.2 Å². The van der Waals surface area contributed by atoms with Gasteiger partial charge in [-0.1, -0.05) is 42.1 Å². The zero-order valence-electron chi connectivity index (χ0n) is 18.7. The molecule has 1 aromatic heterocycles. The van der Waals surface area contributed by atoms with Crippen LogP contribution in [-0.2, 0) is 11.4 Å². The third kappa shape index (κ3) is 5.07. The topological polar surface area (TPSA) is 90.3 Å². The molecule has 0 fully saturated rings. The van der Waals surface area contributed by atoms with Crippen LogP contribution in [0.5, 0.6) is 11.5 Å². The van der Waals surface area contributed by atoms with Crippen molar-refractivity contribution < 1.29 is 18.7 Å². The number of para-hydroxylation sites is 1. The monoisotopic (exact) mass is 491 g/mol. The number of benzene rings is 3. The fourth-order valence-electron chi connectivity index (χ4n) is 3.66. The van der Waals surface area contributed by atoms with Gasteiger partial charge in [0, 0.05) is 5.69 Å². The third-order valence-corrected chi connectivity index (χ3v) is 6.68. The number of nitrogens with one attached hydrogen (secondary N) is 2. The minimum absolute atomic E-state index is 0.201. The van der Waals surface area contributed by atoms with Crippen LogP contribution >= 0.6 is 11.8 Å². The Bertz CT molecular complexity index is 1300. The summed E-state index contributed by atoms with van der Waals surface area (Å²) in [5.41, 5.74) is 4.78. The van der Waals surface area contributed by atoms with Gasteiger partial charge in [-0.2, -0.15) is 0 Å². The Morgan fingerprint density at radius 2 is 1.77 bits per heavy atom. The molecule has 0 radical (unpaired) electrons. The lowest BCUT2D eigenvalue weighted by molar-refractivity contribution is -0.116. The standard InChI is InChI=1S/C25H22FN5O3S/c1-33-19-13-7-16(8-14-19)22-23(24(32)27-18-11-9-17(26)10-12-18)35-25-29-28-21(31(25)30-22)15-34-20-5-3-2-4-6-20/h2-14,22-23,30H,15H2,1H3,(H,27,32)/t22-,23-/m0/s1. The van der Waals surface area contributed by atoms with Gasteiger partial charge in [0.25, 0.3) is 0 Å². The normalized spacial score (nSPS) is 16.6. The van der Waals surface area contributed by atoms with Crippen molar-refractivity contribution in [3.63, 3.8) is 0 Å². The van der Waals surface area contributed by atoms with E-state index in [1.165, 1.54) is 36.0 Å². The molecular weight excluding hydrogens is 469 g/mol. The van der Waals surface area contributed by atoms with Gasteiger partial charge in [-0.15, -0.1) is 10.2 Å². The second kappa shape index (κ2) is 10.1. The summed E-state index contributed by atoms with van der Waals surface area (Å²) in [6.07, 6.45) is 0. The minimum Gasteiger partial charge on any atom is -0.497 e. The quantitative estimate of drug-likeness (QED) is 0.396. The molecule has 0 aliphatic carbocycles. The van der Waals surface area contributed by atoms with Crippen molar-refractivity contribution >= 4 is 23.4 Å². The van der Waals surface area contributed by atoms with Crippen LogP contribution in [0.25, 0.3) is 0 Å². The van der Waals surface area contributed by atoms with E-state index in [4.69, 9.17) is 9.47 Å². The number of carbonyl (C=O) groups excluding carboxylic acids is 1. The first kappa shape index (κ1) is 22.7. The maximum atomic E-state index is 13.3. The fourth-order valence-corrected chi connectivity index (χ4v) is 4.76. The van der Waals surface area contributed by atoms with Crippen molar-refractivity contribution in [2.75, 3.05) is 17.9 Å². The fraction of sp³-hybridized carbons (Fsp3) is 0.160. The van der Waals surface area contributed by atoms with Crippen molar-refractivity contribution in [2.45, 2.75) is 23.1 Å². The molecule has 5 rings (SSSR count). The Morgan fingerprint density at radius 3 is 2.49 bits per heavy atom. The number of rotatable bonds is 7. The summed E-state index contributed by atoms with van der Waals surface area (Å²) < 4.78 is 26.2. The number of carbonyl (C=O) groups is 1. The first-order valence-electron chi connectivity index (χ1n) is 10.9. The van der Waals surface area contributed by atoms with Crippen LogP contribution in [0.4, 0.5) is 10.1 Å². The predicted molar refractivity (Wildman–Crippen MR) is 131 cm³/mol. The van der Waals surface area contributed by atoms with E-state index in [9.17, 15) is 9.18 Å². The van der Waals surface area contributed by atoms with E-state index in [2.05, 4.69) is 20.9 Å². The molecule has 8 nitrogen and oxygen atoms in total. The molecular formula is C25H22FN5O3S. The van der Waals surface area contributed by atoms with Crippen LogP contribution in [0.1, 0.15) is 17.4 Å². The molecule has 1 aliphatic heterocycles. The predicted octanol–water partition coefficient (Wildman–Crippen LogP) is 4.40. The Morgan fingerprint density at radius 1 is 1.03 bits per heavy atom. The number of thioether (sulfide) groups is 1. The van der Waals surface area contributed by atoms with Gasteiger partial charge in [0.2, 0.25) is 11.1 Å². The van der Waals surface area contributed by atoms with E-state index in [1.807, 2.05) is 54.6 Å². The Labute approximate surface area is 205 Å². The largest absolute Gasteiger partial charge is 0.497 e. The number of aromatic nitrogens is 3. The van der Waals surface area contributed by atoms with Crippen LogP contribution in [0.15, 0.2) is 84.0 Å². The molecule has 1 aliphatic rings. The van der Waals surface area contributed by atoms with Gasteiger partial charge < -0.3 is 20.2 Å². The molecule has 0 saturated heterocycles. The second-order valence-electron chi connectivity index (χ2n) is 7.75. The van der Waals surface area contributed by atoms with Crippen LogP contribution in [-0.4, -0.2) is 33.1 Å². The SMILES string of the molecule is COc1ccc([C@@H]2Nn3c(COc4ccccc4)nnc3S[C@@H]2C(=O)Nc2ccc(F)cc2)cc1. The van der Waals surface area contributed by atoms with Crippen LogP contribution in [0, 0.1) is 5.82 Å². The first-order chi connectivity index (χ1) is 17.1. The highest BCUT2D eigenvalue weighted by atomic mass is 32.2. The Kier molecular flexibility index (Phi) is 6.53. The van der Waals surface area contributed by atoms with Crippen LogP contribution in [0.2, 0.25) is 0 Å². The van der Waals surface area contributed by atoms with Crippen molar-refractivity contribution in [3.8, 4) is 11.5 Å². The van der Waals surface area contributed by atoms with Crippen molar-refractivity contribution in [2.24, 2.45) is 0 Å². The lowest BCUT2D eigenvalue weighted by Crippen LogP contribution is -2.41. The third-order valence-electron chi connectivity index (χ3n) is 5.46. The molecule has 10 heteroatoms. The number of fused-ring (bicyclic) bond motifs is 1. The van der Waals surface area contributed by atoms with E-state index < -0.39 is 11.3 Å². The van der Waals surface area contributed by atoms with Crippen molar-refractivity contribution in [1.82, 2.24) is 14.9 Å². The number of amides is 1. The highest BCUT2D eigenvalue weighted by Crippen LogP contribution is 2.38. The number of anilines is 1. The summed E-state index contributed by atoms with van der Waals surface area (Å²) in [6.45, 7) is 0.201. The molecule has 0 unspecified atom stereocenters. The maximum absolute atomic E-state index is 13.3. The summed E-state index contributed by atoms with van der Waals surface area (Å²) in [6, 6.07) is 22.2. The maximum Gasteiger partial charge on any atom is 0.240 e. The zero-order valence-corrected chi connectivity index (χ0v) is 19.5. The average molecular weight is 492 g/mol. The lowest BCUT2D eigenvalue weighted by Gasteiger charge is -2.33. The molecule has 2 atom stereocenters. The molecule has 4 aromatic rings. The van der Waals surface area contributed by atoms with Crippen molar-refractivity contribution in [1.29, 1.82) is 0 Å². The number of ether oxygens (including phenoxy) is 2. The number of halogens is 1. The molecule has 3 aromatic carbocycles. The highest BCUT2D eigenvalue weighted by Gasteiger charge is 2.38. The molecule has 0 spiro atoms. The smallest absolute Gasteiger partial charge is 0.240 e. The second-order valence-corrected chi connectivity index (χ2v) is 8.86. The van der Waals surface area contributed by atoms with Gasteiger partial charge in [0.15, 0.2) is 5.82 Å². The van der Waals surface area contributed by atoms with Gasteiger partial charge in [-0.05, 0) is 54.1 Å². The van der Waals surface area contributed by atoms with Gasteiger partial charge in [0.05, 0.1) is 13.2 Å². The van der Waals surface area contributed by atoms with E-state index >= 15 is 0 Å².